The first-order valence-corrected chi connectivity index (χ1v) is 10.0. The summed E-state index contributed by atoms with van der Waals surface area (Å²) in [5.41, 5.74) is -0.0858. The van der Waals surface area contributed by atoms with E-state index in [1.54, 1.807) is 22.9 Å². The second-order valence-corrected chi connectivity index (χ2v) is 7.80. The molecule has 7 heteroatoms. The summed E-state index contributed by atoms with van der Waals surface area (Å²) in [5.74, 6) is 0.293. The molecule has 0 aliphatic carbocycles. The SMILES string of the molecule is O=C(CCn1ccccc1=O)N1CCC(C(O)CN2CCC(O)CC2)CC1. The Kier molecular flexibility index (Phi) is 7.04. The fraction of sp³-hybridized carbons (Fsp3) is 0.700. The van der Waals surface area contributed by atoms with E-state index in [1.807, 2.05) is 4.90 Å². The smallest absolute Gasteiger partial charge is 0.250 e. The van der Waals surface area contributed by atoms with Gasteiger partial charge in [0.2, 0.25) is 5.91 Å². The van der Waals surface area contributed by atoms with Crippen molar-refractivity contribution in [3.8, 4) is 0 Å². The van der Waals surface area contributed by atoms with E-state index in [0.29, 0.717) is 32.6 Å². The van der Waals surface area contributed by atoms with Crippen molar-refractivity contribution in [2.45, 2.75) is 50.9 Å². The predicted octanol–water partition coefficient (Wildman–Crippen LogP) is 0.295. The van der Waals surface area contributed by atoms with Gasteiger partial charge in [-0.25, -0.2) is 0 Å². The van der Waals surface area contributed by atoms with Crippen LogP contribution in [0.2, 0.25) is 0 Å². The van der Waals surface area contributed by atoms with Crippen molar-refractivity contribution in [1.82, 2.24) is 14.4 Å². The minimum absolute atomic E-state index is 0.0729. The Morgan fingerprint density at radius 1 is 1.11 bits per heavy atom. The molecule has 150 valence electrons. The predicted molar refractivity (Wildman–Crippen MR) is 102 cm³/mol. The third-order valence-electron chi connectivity index (χ3n) is 5.90. The van der Waals surface area contributed by atoms with Gasteiger partial charge in [0, 0.05) is 58.0 Å². The largest absolute Gasteiger partial charge is 0.393 e. The standard InChI is InChI=1S/C20H31N3O4/c24-17-6-10-21(11-7-17)15-18(25)16-4-12-23(13-5-16)20(27)8-14-22-9-2-1-3-19(22)26/h1-3,9,16-18,24-25H,4-8,10-15H2. The Bertz CT molecular complexity index is 661. The molecule has 0 aromatic carbocycles. The van der Waals surface area contributed by atoms with Crippen LogP contribution in [-0.2, 0) is 11.3 Å². The molecule has 3 rings (SSSR count). The maximum atomic E-state index is 12.4. The fourth-order valence-electron chi connectivity index (χ4n) is 4.07. The van der Waals surface area contributed by atoms with Gasteiger partial charge in [-0.2, -0.15) is 0 Å². The van der Waals surface area contributed by atoms with Crippen LogP contribution in [0.25, 0.3) is 0 Å². The van der Waals surface area contributed by atoms with E-state index < -0.39 is 0 Å². The number of rotatable bonds is 6. The van der Waals surface area contributed by atoms with E-state index in [9.17, 15) is 19.8 Å². The lowest BCUT2D eigenvalue weighted by atomic mass is 9.90. The Morgan fingerprint density at radius 2 is 1.81 bits per heavy atom. The van der Waals surface area contributed by atoms with Crippen LogP contribution < -0.4 is 5.56 Å². The third-order valence-corrected chi connectivity index (χ3v) is 5.90. The number of nitrogens with zero attached hydrogens (tertiary/aromatic N) is 3. The number of carbonyl (C=O) groups excluding carboxylic acids is 1. The van der Waals surface area contributed by atoms with E-state index in [2.05, 4.69) is 4.90 Å². The summed E-state index contributed by atoms with van der Waals surface area (Å²) in [5, 5.41) is 20.1. The molecular weight excluding hydrogens is 346 g/mol. The quantitative estimate of drug-likeness (QED) is 0.745. The van der Waals surface area contributed by atoms with Crippen molar-refractivity contribution in [3.63, 3.8) is 0 Å². The number of carbonyl (C=O) groups is 1. The number of likely N-dealkylation sites (tertiary alicyclic amines) is 2. The van der Waals surface area contributed by atoms with Gasteiger partial charge in [0.25, 0.3) is 5.56 Å². The first-order chi connectivity index (χ1) is 13.0. The van der Waals surface area contributed by atoms with Gasteiger partial charge in [-0.1, -0.05) is 6.07 Å². The van der Waals surface area contributed by atoms with Gasteiger partial charge in [-0.05, 0) is 37.7 Å². The van der Waals surface area contributed by atoms with Crippen LogP contribution in [0.15, 0.2) is 29.2 Å². The molecule has 0 spiro atoms. The van der Waals surface area contributed by atoms with Crippen molar-refractivity contribution >= 4 is 5.91 Å². The Hall–Kier alpha value is -1.70. The molecule has 0 radical (unpaired) electrons. The fourth-order valence-corrected chi connectivity index (χ4v) is 4.07. The van der Waals surface area contributed by atoms with Crippen LogP contribution in [0.5, 0.6) is 0 Å². The molecule has 1 aromatic heterocycles. The van der Waals surface area contributed by atoms with Gasteiger partial charge >= 0.3 is 0 Å². The summed E-state index contributed by atoms with van der Waals surface area (Å²) in [7, 11) is 0. The zero-order valence-corrected chi connectivity index (χ0v) is 15.9. The van der Waals surface area contributed by atoms with Crippen molar-refractivity contribution < 1.29 is 15.0 Å². The first-order valence-electron chi connectivity index (χ1n) is 10.0. The molecule has 1 atom stereocenters. The van der Waals surface area contributed by atoms with E-state index in [0.717, 1.165) is 38.8 Å². The van der Waals surface area contributed by atoms with Crippen LogP contribution in [0.1, 0.15) is 32.1 Å². The number of aryl methyl sites for hydroxylation is 1. The van der Waals surface area contributed by atoms with Crippen LogP contribution in [0.3, 0.4) is 0 Å². The highest BCUT2D eigenvalue weighted by Crippen LogP contribution is 2.23. The summed E-state index contributed by atoms with van der Waals surface area (Å²) < 4.78 is 1.56. The minimum atomic E-state index is -0.375. The number of hydrogen-bond donors (Lipinski definition) is 2. The van der Waals surface area contributed by atoms with Gasteiger partial charge in [0.05, 0.1) is 12.2 Å². The highest BCUT2D eigenvalue weighted by molar-refractivity contribution is 5.76. The van der Waals surface area contributed by atoms with Crippen LogP contribution >= 0.6 is 0 Å². The Morgan fingerprint density at radius 3 is 2.48 bits per heavy atom. The van der Waals surface area contributed by atoms with Crippen molar-refractivity contribution in [3.05, 3.63) is 34.7 Å². The summed E-state index contributed by atoms with van der Waals surface area (Å²) in [6.45, 7) is 4.08. The number of aromatic nitrogens is 1. The number of amides is 1. The molecule has 2 N–H and O–H groups in total. The number of aliphatic hydroxyl groups excluding tert-OH is 2. The zero-order chi connectivity index (χ0) is 19.2. The second kappa shape index (κ2) is 9.48. The molecule has 1 amide bonds. The normalized spacial score (nSPS) is 21.3. The third kappa shape index (κ3) is 5.64. The molecule has 27 heavy (non-hydrogen) atoms. The molecule has 0 saturated carbocycles. The number of β-amino-alcohol motifs (C(OH)–C–C–N with tert-alkyl or cyclic N) is 1. The summed E-state index contributed by atoms with van der Waals surface area (Å²) in [4.78, 5) is 28.2. The lowest BCUT2D eigenvalue weighted by Gasteiger charge is -2.37. The molecule has 0 bridgehead atoms. The Balaban J connectivity index is 1.39. The topological polar surface area (TPSA) is 86.0 Å². The molecule has 2 aliphatic rings. The maximum absolute atomic E-state index is 12.4. The average molecular weight is 377 g/mol. The van der Waals surface area contributed by atoms with E-state index in [-0.39, 0.29) is 29.6 Å². The molecule has 1 aromatic rings. The lowest BCUT2D eigenvalue weighted by molar-refractivity contribution is -0.133. The highest BCUT2D eigenvalue weighted by Gasteiger charge is 2.29. The van der Waals surface area contributed by atoms with Gasteiger partial charge in [0.1, 0.15) is 0 Å². The van der Waals surface area contributed by atoms with Crippen LogP contribution in [0.4, 0.5) is 0 Å². The van der Waals surface area contributed by atoms with E-state index >= 15 is 0 Å². The van der Waals surface area contributed by atoms with E-state index in [1.165, 1.54) is 6.07 Å². The van der Waals surface area contributed by atoms with Crippen molar-refractivity contribution in [2.75, 3.05) is 32.7 Å². The van der Waals surface area contributed by atoms with Gasteiger partial charge in [-0.15, -0.1) is 0 Å². The van der Waals surface area contributed by atoms with Crippen molar-refractivity contribution in [2.24, 2.45) is 5.92 Å². The molecule has 2 saturated heterocycles. The molecule has 2 fully saturated rings. The first kappa shape index (κ1) is 20.0. The summed E-state index contributed by atoms with van der Waals surface area (Å²) in [6.07, 6.45) is 4.66. The Labute approximate surface area is 160 Å². The summed E-state index contributed by atoms with van der Waals surface area (Å²) in [6, 6.07) is 4.99. The number of pyridine rings is 1. The van der Waals surface area contributed by atoms with Crippen LogP contribution in [0, 0.1) is 5.92 Å². The van der Waals surface area contributed by atoms with Crippen molar-refractivity contribution in [1.29, 1.82) is 0 Å². The highest BCUT2D eigenvalue weighted by atomic mass is 16.3. The number of hydrogen-bond acceptors (Lipinski definition) is 5. The molecule has 1 unspecified atom stereocenters. The van der Waals surface area contributed by atoms with Crippen LogP contribution in [-0.4, -0.2) is 75.4 Å². The van der Waals surface area contributed by atoms with Gasteiger partial charge < -0.3 is 24.6 Å². The number of aliphatic hydroxyl groups is 2. The van der Waals surface area contributed by atoms with Gasteiger partial charge in [-0.3, -0.25) is 9.59 Å². The number of piperidine rings is 2. The average Bonchev–Trinajstić information content (AvgIpc) is 2.69. The maximum Gasteiger partial charge on any atom is 0.250 e. The molecule has 7 nitrogen and oxygen atoms in total. The minimum Gasteiger partial charge on any atom is -0.393 e. The zero-order valence-electron chi connectivity index (χ0n) is 15.9. The molecule has 2 aliphatic heterocycles. The monoisotopic (exact) mass is 377 g/mol. The summed E-state index contributed by atoms with van der Waals surface area (Å²) >= 11 is 0. The molecular formula is C20H31N3O4. The molecule has 3 heterocycles. The van der Waals surface area contributed by atoms with Gasteiger partial charge in [0.15, 0.2) is 0 Å². The lowest BCUT2D eigenvalue weighted by Crippen LogP contribution is -2.46. The second-order valence-electron chi connectivity index (χ2n) is 7.80. The van der Waals surface area contributed by atoms with E-state index in [4.69, 9.17) is 0 Å².